The number of hydrogen-bond acceptors (Lipinski definition) is 4. The van der Waals surface area contributed by atoms with Gasteiger partial charge >= 0.3 is 0 Å². The minimum Gasteiger partial charge on any atom is -0.361 e. The smallest absolute Gasteiger partial charge is 0.225 e. The molecule has 0 radical (unpaired) electrons. The van der Waals surface area contributed by atoms with E-state index in [0.717, 1.165) is 36.8 Å². The Balaban J connectivity index is 1.86. The number of nitrogens with zero attached hydrogens (tertiary/aromatic N) is 3. The largest absolute Gasteiger partial charge is 0.361 e. The summed E-state index contributed by atoms with van der Waals surface area (Å²) in [5, 5.41) is 3.41. The van der Waals surface area contributed by atoms with Crippen molar-refractivity contribution < 1.29 is 0 Å². The summed E-state index contributed by atoms with van der Waals surface area (Å²) in [6.45, 7) is 7.29. The standard InChI is InChI=1S/C14H19N5/c1-14(2)10-15-6-7-19(14)13-17-8-11(9-18-13)12-4-3-5-16-12/h3-5,8-9,15-16H,6-7,10H2,1-2H3. The number of aromatic amines is 1. The van der Waals surface area contributed by atoms with Crippen LogP contribution in [0, 0.1) is 0 Å². The van der Waals surface area contributed by atoms with Crippen molar-refractivity contribution in [1.29, 1.82) is 0 Å². The van der Waals surface area contributed by atoms with Crippen LogP contribution in [0.25, 0.3) is 11.3 Å². The SMILES string of the molecule is CC1(C)CNCCN1c1ncc(-c2ccc[nH]2)cn1. The molecule has 1 fully saturated rings. The third kappa shape index (κ3) is 2.33. The first-order valence-electron chi connectivity index (χ1n) is 6.61. The van der Waals surface area contributed by atoms with E-state index in [1.165, 1.54) is 0 Å². The zero-order valence-electron chi connectivity index (χ0n) is 11.3. The van der Waals surface area contributed by atoms with Gasteiger partial charge < -0.3 is 15.2 Å². The predicted octanol–water partition coefficient (Wildman–Crippen LogP) is 1.66. The summed E-state index contributed by atoms with van der Waals surface area (Å²) >= 11 is 0. The van der Waals surface area contributed by atoms with Gasteiger partial charge in [0.05, 0.1) is 0 Å². The van der Waals surface area contributed by atoms with Crippen molar-refractivity contribution in [3.8, 4) is 11.3 Å². The van der Waals surface area contributed by atoms with Gasteiger partial charge in [-0.3, -0.25) is 0 Å². The van der Waals surface area contributed by atoms with E-state index in [9.17, 15) is 0 Å². The molecule has 5 nitrogen and oxygen atoms in total. The van der Waals surface area contributed by atoms with E-state index in [1.807, 2.05) is 30.7 Å². The molecule has 1 aliphatic rings. The first kappa shape index (κ1) is 12.2. The number of hydrogen-bond donors (Lipinski definition) is 2. The number of piperazine rings is 1. The Bertz CT molecular complexity index is 529. The van der Waals surface area contributed by atoms with Crippen molar-refractivity contribution in [2.24, 2.45) is 0 Å². The number of rotatable bonds is 2. The second-order valence-electron chi connectivity index (χ2n) is 5.50. The highest BCUT2D eigenvalue weighted by molar-refractivity contribution is 5.57. The molecule has 0 saturated carbocycles. The molecule has 100 valence electrons. The average molecular weight is 257 g/mol. The van der Waals surface area contributed by atoms with Gasteiger partial charge in [-0.1, -0.05) is 0 Å². The van der Waals surface area contributed by atoms with Crippen LogP contribution in [0.4, 0.5) is 5.95 Å². The lowest BCUT2D eigenvalue weighted by Crippen LogP contribution is -2.58. The molecule has 0 atom stereocenters. The maximum absolute atomic E-state index is 4.52. The minimum absolute atomic E-state index is 0.0478. The van der Waals surface area contributed by atoms with Crippen LogP contribution in [0.1, 0.15) is 13.8 Å². The zero-order valence-corrected chi connectivity index (χ0v) is 11.3. The third-order valence-corrected chi connectivity index (χ3v) is 3.59. The number of anilines is 1. The second-order valence-corrected chi connectivity index (χ2v) is 5.50. The average Bonchev–Trinajstić information content (AvgIpc) is 2.92. The highest BCUT2D eigenvalue weighted by atomic mass is 15.3. The van der Waals surface area contributed by atoms with E-state index in [2.05, 4.69) is 39.0 Å². The molecule has 0 aliphatic carbocycles. The molecule has 1 aliphatic heterocycles. The fourth-order valence-electron chi connectivity index (χ4n) is 2.46. The van der Waals surface area contributed by atoms with Crippen LogP contribution in [0.5, 0.6) is 0 Å². The Morgan fingerprint density at radius 3 is 2.68 bits per heavy atom. The van der Waals surface area contributed by atoms with Crippen LogP contribution in [0.15, 0.2) is 30.7 Å². The molecule has 0 spiro atoms. The normalized spacial score (nSPS) is 18.5. The van der Waals surface area contributed by atoms with E-state index in [1.54, 1.807) is 0 Å². The molecule has 19 heavy (non-hydrogen) atoms. The van der Waals surface area contributed by atoms with Crippen molar-refractivity contribution in [2.45, 2.75) is 19.4 Å². The van der Waals surface area contributed by atoms with Crippen LogP contribution in [-0.2, 0) is 0 Å². The molecular weight excluding hydrogens is 238 g/mol. The van der Waals surface area contributed by atoms with E-state index in [0.29, 0.717) is 0 Å². The summed E-state index contributed by atoms with van der Waals surface area (Å²) in [6.07, 6.45) is 5.67. The summed E-state index contributed by atoms with van der Waals surface area (Å²) < 4.78 is 0. The van der Waals surface area contributed by atoms with Crippen LogP contribution in [0.3, 0.4) is 0 Å². The Kier molecular flexibility index (Phi) is 2.98. The molecular formula is C14H19N5. The summed E-state index contributed by atoms with van der Waals surface area (Å²) in [4.78, 5) is 14.5. The molecule has 0 aromatic carbocycles. The third-order valence-electron chi connectivity index (χ3n) is 3.59. The quantitative estimate of drug-likeness (QED) is 0.859. The predicted molar refractivity (Wildman–Crippen MR) is 76.1 cm³/mol. The number of nitrogens with one attached hydrogen (secondary N) is 2. The molecule has 3 rings (SSSR count). The van der Waals surface area contributed by atoms with Gasteiger partial charge in [-0.2, -0.15) is 0 Å². The lowest BCUT2D eigenvalue weighted by Gasteiger charge is -2.42. The summed E-state index contributed by atoms with van der Waals surface area (Å²) in [5.41, 5.74) is 2.11. The monoisotopic (exact) mass is 257 g/mol. The molecule has 2 aromatic rings. The molecule has 3 heterocycles. The van der Waals surface area contributed by atoms with Crippen LogP contribution < -0.4 is 10.2 Å². The van der Waals surface area contributed by atoms with Crippen LogP contribution in [0.2, 0.25) is 0 Å². The van der Waals surface area contributed by atoms with Crippen LogP contribution >= 0.6 is 0 Å². The maximum Gasteiger partial charge on any atom is 0.225 e. The minimum atomic E-state index is 0.0478. The molecule has 0 unspecified atom stereocenters. The number of H-pyrrole nitrogens is 1. The lowest BCUT2D eigenvalue weighted by atomic mass is 10.0. The van der Waals surface area contributed by atoms with Crippen LogP contribution in [-0.4, -0.2) is 40.1 Å². The van der Waals surface area contributed by atoms with Crippen molar-refractivity contribution in [3.05, 3.63) is 30.7 Å². The van der Waals surface area contributed by atoms with Gasteiger partial charge in [0.25, 0.3) is 0 Å². The highest BCUT2D eigenvalue weighted by Gasteiger charge is 2.31. The number of aromatic nitrogens is 3. The Morgan fingerprint density at radius 1 is 1.26 bits per heavy atom. The fraction of sp³-hybridized carbons (Fsp3) is 0.429. The van der Waals surface area contributed by atoms with E-state index >= 15 is 0 Å². The van der Waals surface area contributed by atoms with Crippen molar-refractivity contribution >= 4 is 5.95 Å². The first-order valence-corrected chi connectivity index (χ1v) is 6.61. The van der Waals surface area contributed by atoms with Crippen molar-refractivity contribution in [2.75, 3.05) is 24.5 Å². The highest BCUT2D eigenvalue weighted by Crippen LogP contribution is 2.23. The van der Waals surface area contributed by atoms with Gasteiger partial charge in [0.1, 0.15) is 0 Å². The Labute approximate surface area is 113 Å². The Morgan fingerprint density at radius 2 is 2.05 bits per heavy atom. The maximum atomic E-state index is 4.52. The molecule has 0 bridgehead atoms. The van der Waals surface area contributed by atoms with Gasteiger partial charge in [-0.25, -0.2) is 9.97 Å². The molecule has 2 N–H and O–H groups in total. The van der Waals surface area contributed by atoms with E-state index < -0.39 is 0 Å². The Hall–Kier alpha value is -1.88. The first-order chi connectivity index (χ1) is 9.17. The van der Waals surface area contributed by atoms with Crippen molar-refractivity contribution in [3.63, 3.8) is 0 Å². The lowest BCUT2D eigenvalue weighted by molar-refractivity contribution is 0.375. The molecule has 0 amide bonds. The summed E-state index contributed by atoms with van der Waals surface area (Å²) in [6, 6.07) is 4.00. The van der Waals surface area contributed by atoms with Gasteiger partial charge in [0, 0.05) is 55.0 Å². The van der Waals surface area contributed by atoms with Gasteiger partial charge in [-0.05, 0) is 26.0 Å². The zero-order chi connectivity index (χ0) is 13.3. The summed E-state index contributed by atoms with van der Waals surface area (Å²) in [7, 11) is 0. The van der Waals surface area contributed by atoms with E-state index in [-0.39, 0.29) is 5.54 Å². The van der Waals surface area contributed by atoms with Gasteiger partial charge in [-0.15, -0.1) is 0 Å². The molecule has 5 heteroatoms. The fourth-order valence-corrected chi connectivity index (χ4v) is 2.46. The van der Waals surface area contributed by atoms with E-state index in [4.69, 9.17) is 0 Å². The van der Waals surface area contributed by atoms with Gasteiger partial charge in [0.15, 0.2) is 0 Å². The van der Waals surface area contributed by atoms with Gasteiger partial charge in [0.2, 0.25) is 5.95 Å². The molecule has 1 saturated heterocycles. The van der Waals surface area contributed by atoms with Crippen molar-refractivity contribution in [1.82, 2.24) is 20.3 Å². The second kappa shape index (κ2) is 4.66. The topological polar surface area (TPSA) is 56.8 Å². The molecule has 2 aromatic heterocycles. The summed E-state index contributed by atoms with van der Waals surface area (Å²) in [5.74, 6) is 0.807.